The van der Waals surface area contributed by atoms with Crippen molar-refractivity contribution in [1.29, 1.82) is 0 Å². The Bertz CT molecular complexity index is 646. The fraction of sp³-hybridized carbons (Fsp3) is 0.600. The Labute approximate surface area is 114 Å². The van der Waals surface area contributed by atoms with Gasteiger partial charge in [0.05, 0.1) is 12.8 Å². The van der Waals surface area contributed by atoms with E-state index in [0.29, 0.717) is 10.8 Å². The van der Waals surface area contributed by atoms with E-state index in [1.165, 1.54) is 0 Å². The summed E-state index contributed by atoms with van der Waals surface area (Å²) in [6.45, 7) is -1.35. The van der Waals surface area contributed by atoms with E-state index in [-0.39, 0.29) is 0 Å². The number of ether oxygens (including phenoxy) is 1. The van der Waals surface area contributed by atoms with Gasteiger partial charge in [-0.15, -0.1) is 0 Å². The minimum atomic E-state index is -3.39. The highest BCUT2D eigenvalue weighted by Crippen LogP contribution is 2.40. The Morgan fingerprint density at radius 2 is 2.05 bits per heavy atom. The normalized spacial score (nSPS) is 32.8. The molecule has 21 heavy (non-hydrogen) atoms. The van der Waals surface area contributed by atoms with Gasteiger partial charge in [0, 0.05) is 0 Å². The first-order valence-corrected chi connectivity index (χ1v) is 5.68. The van der Waals surface area contributed by atoms with E-state index in [1.807, 2.05) is 0 Å². The van der Waals surface area contributed by atoms with Crippen LogP contribution >= 0.6 is 0 Å². The Balaban J connectivity index is 2.50. The molecule has 1 aliphatic heterocycles. The van der Waals surface area contributed by atoms with E-state index in [0.717, 1.165) is 0 Å². The van der Waals surface area contributed by atoms with Crippen molar-refractivity contribution in [2.75, 3.05) is 6.61 Å². The van der Waals surface area contributed by atoms with Crippen molar-refractivity contribution in [3.8, 4) is 0 Å². The molecule has 4 atom stereocenters. The van der Waals surface area contributed by atoms with Crippen LogP contribution in [0.15, 0.2) is 15.8 Å². The van der Waals surface area contributed by atoms with Gasteiger partial charge in [0.25, 0.3) is 12.0 Å². The summed E-state index contributed by atoms with van der Waals surface area (Å²) in [5.74, 6) is -1.42. The Kier molecular flexibility index (Phi) is 3.93. The molecule has 1 aromatic heterocycles. The van der Waals surface area contributed by atoms with Gasteiger partial charge in [-0.2, -0.15) is 4.39 Å². The summed E-state index contributed by atoms with van der Waals surface area (Å²) >= 11 is 0. The lowest BCUT2D eigenvalue weighted by molar-refractivity contribution is -0.196. The zero-order chi connectivity index (χ0) is 15.9. The zero-order valence-electron chi connectivity index (χ0n) is 10.2. The molecule has 2 rings (SSSR count). The molecule has 118 valence electrons. The number of rotatable bonds is 3. The second kappa shape index (κ2) is 5.26. The van der Waals surface area contributed by atoms with Gasteiger partial charge >= 0.3 is 5.69 Å². The number of aliphatic hydroxyl groups is 3. The smallest absolute Gasteiger partial charge is 0.330 e. The van der Waals surface area contributed by atoms with Crippen molar-refractivity contribution >= 4 is 0 Å². The molecule has 4 N–H and O–H groups in total. The third-order valence-electron chi connectivity index (χ3n) is 3.27. The number of hydrogen-bond donors (Lipinski definition) is 4. The lowest BCUT2D eigenvalue weighted by atomic mass is 9.96. The van der Waals surface area contributed by atoms with Crippen molar-refractivity contribution in [2.45, 2.75) is 30.5 Å². The molecule has 0 bridgehead atoms. The molecular formula is C10H11F3N2O6. The van der Waals surface area contributed by atoms with E-state index in [2.05, 4.69) is 0 Å². The minimum absolute atomic E-state index is 0.310. The molecule has 0 radical (unpaired) electrons. The van der Waals surface area contributed by atoms with Gasteiger partial charge in [-0.3, -0.25) is 14.3 Å². The Morgan fingerprint density at radius 3 is 2.52 bits per heavy atom. The molecular weight excluding hydrogens is 301 g/mol. The summed E-state index contributed by atoms with van der Waals surface area (Å²) in [6.07, 6.45) is -9.22. The molecule has 0 aliphatic carbocycles. The van der Waals surface area contributed by atoms with Gasteiger partial charge in [0.15, 0.2) is 11.8 Å². The number of hydrogen-bond acceptors (Lipinski definition) is 6. The van der Waals surface area contributed by atoms with Gasteiger partial charge in [0.2, 0.25) is 5.82 Å². The molecule has 1 fully saturated rings. The Hall–Kier alpha value is -1.69. The molecule has 0 aromatic carbocycles. The van der Waals surface area contributed by atoms with Crippen LogP contribution < -0.4 is 11.2 Å². The fourth-order valence-corrected chi connectivity index (χ4v) is 2.06. The number of aromatic amines is 1. The lowest BCUT2D eigenvalue weighted by Crippen LogP contribution is -2.52. The lowest BCUT2D eigenvalue weighted by Gasteiger charge is -2.28. The first kappa shape index (κ1) is 15.7. The largest absolute Gasteiger partial charge is 0.393 e. The molecule has 2 heterocycles. The molecule has 0 spiro atoms. The maximum atomic E-state index is 13.2. The molecule has 1 aliphatic rings. The number of halogens is 3. The van der Waals surface area contributed by atoms with Crippen molar-refractivity contribution < 1.29 is 33.2 Å². The monoisotopic (exact) mass is 312 g/mol. The first-order chi connectivity index (χ1) is 9.74. The van der Waals surface area contributed by atoms with Crippen molar-refractivity contribution in [2.24, 2.45) is 0 Å². The van der Waals surface area contributed by atoms with Crippen LogP contribution in [-0.4, -0.2) is 55.7 Å². The van der Waals surface area contributed by atoms with E-state index in [4.69, 9.17) is 9.84 Å². The fourth-order valence-electron chi connectivity index (χ4n) is 2.06. The summed E-state index contributed by atoms with van der Waals surface area (Å²) in [5, 5.41) is 28.4. The quantitative estimate of drug-likeness (QED) is 0.508. The van der Waals surface area contributed by atoms with E-state index in [9.17, 15) is 33.0 Å². The third kappa shape index (κ3) is 2.27. The van der Waals surface area contributed by atoms with Gasteiger partial charge in [0.1, 0.15) is 12.2 Å². The van der Waals surface area contributed by atoms with E-state index in [1.54, 1.807) is 4.98 Å². The summed E-state index contributed by atoms with van der Waals surface area (Å²) in [5.41, 5.74) is -5.40. The van der Waals surface area contributed by atoms with Gasteiger partial charge in [-0.1, -0.05) is 0 Å². The number of nitrogens with one attached hydrogen (secondary N) is 1. The number of aliphatic hydroxyl groups excluding tert-OH is 3. The van der Waals surface area contributed by atoms with Crippen LogP contribution in [0.4, 0.5) is 13.2 Å². The number of alkyl halides is 2. The van der Waals surface area contributed by atoms with Crippen LogP contribution in [-0.2, 0) is 4.74 Å². The van der Waals surface area contributed by atoms with Crippen LogP contribution in [0.5, 0.6) is 0 Å². The number of nitrogens with zero attached hydrogens (tertiary/aromatic N) is 1. The second-order valence-corrected chi connectivity index (χ2v) is 4.50. The van der Waals surface area contributed by atoms with Crippen LogP contribution in [0, 0.1) is 5.82 Å². The van der Waals surface area contributed by atoms with Crippen LogP contribution in [0.2, 0.25) is 0 Å². The van der Waals surface area contributed by atoms with Crippen molar-refractivity contribution in [3.63, 3.8) is 0 Å². The summed E-state index contributed by atoms with van der Waals surface area (Å²) in [4.78, 5) is 24.0. The third-order valence-corrected chi connectivity index (χ3v) is 3.27. The predicted octanol–water partition coefficient (Wildman–Crippen LogP) is -2.08. The molecule has 1 saturated heterocycles. The molecule has 1 aromatic rings. The maximum absolute atomic E-state index is 13.2. The highest BCUT2D eigenvalue weighted by atomic mass is 19.3. The highest BCUT2D eigenvalue weighted by molar-refractivity contribution is 5.04. The summed E-state index contributed by atoms with van der Waals surface area (Å²) in [7, 11) is 0. The summed E-state index contributed by atoms with van der Waals surface area (Å²) in [6, 6.07) is 0. The first-order valence-electron chi connectivity index (χ1n) is 5.68. The average Bonchev–Trinajstić information content (AvgIpc) is 2.68. The maximum Gasteiger partial charge on any atom is 0.330 e. The predicted molar refractivity (Wildman–Crippen MR) is 59.2 cm³/mol. The number of aromatic nitrogens is 2. The van der Waals surface area contributed by atoms with E-state index >= 15 is 0 Å². The van der Waals surface area contributed by atoms with Crippen LogP contribution in [0.3, 0.4) is 0 Å². The molecule has 0 unspecified atom stereocenters. The SMILES string of the molecule is O=c1[nH]c(=O)n([C@@H]2O[C@@](CO)(C(F)F)[C@@H](O)[C@H]2O)cc1F. The topological polar surface area (TPSA) is 125 Å². The van der Waals surface area contributed by atoms with Crippen LogP contribution in [0.1, 0.15) is 6.23 Å². The molecule has 0 amide bonds. The Morgan fingerprint density at radius 1 is 1.43 bits per heavy atom. The van der Waals surface area contributed by atoms with Crippen molar-refractivity contribution in [1.82, 2.24) is 9.55 Å². The molecule has 0 saturated carbocycles. The second-order valence-electron chi connectivity index (χ2n) is 4.50. The van der Waals surface area contributed by atoms with Crippen molar-refractivity contribution in [3.05, 3.63) is 32.9 Å². The van der Waals surface area contributed by atoms with Crippen LogP contribution in [0.25, 0.3) is 0 Å². The molecule has 11 heteroatoms. The van der Waals surface area contributed by atoms with Gasteiger partial charge in [-0.25, -0.2) is 13.6 Å². The summed E-state index contributed by atoms with van der Waals surface area (Å²) < 4.78 is 44.2. The standard InChI is InChI=1S/C10H11F3N2O6/c11-3-1-15(9(20)14-6(3)19)7-4(17)5(18)10(2-16,21-7)8(12)13/h1,4-5,7-8,16-18H,2H2,(H,14,19,20)/t4-,5+,7-,10-/m1/s1. The minimum Gasteiger partial charge on any atom is -0.393 e. The number of H-pyrrole nitrogens is 1. The van der Waals surface area contributed by atoms with E-state index < -0.39 is 54.1 Å². The highest BCUT2D eigenvalue weighted by Gasteiger charge is 2.60. The van der Waals surface area contributed by atoms with Gasteiger partial charge in [-0.05, 0) is 0 Å². The zero-order valence-corrected chi connectivity index (χ0v) is 10.2. The van der Waals surface area contributed by atoms with Gasteiger partial charge < -0.3 is 20.1 Å². The molecule has 8 nitrogen and oxygen atoms in total. The average molecular weight is 312 g/mol.